The van der Waals surface area contributed by atoms with Crippen LogP contribution < -0.4 is 0 Å². The molecule has 5 aliphatic carbocycles. The molecule has 5 fully saturated rings. The molecule has 1 N–H and O–H groups in total. The lowest BCUT2D eigenvalue weighted by atomic mass is 9.20. The molecule has 2 spiro atoms. The summed E-state index contributed by atoms with van der Waals surface area (Å²) in [5.41, 5.74) is -0.0175. The second-order valence-electron chi connectivity index (χ2n) is 9.42. The molecule has 0 aromatic heterocycles. The van der Waals surface area contributed by atoms with Gasteiger partial charge in [-0.25, -0.2) is 4.79 Å². The lowest BCUT2D eigenvalue weighted by Crippen LogP contribution is -2.87. The molecule has 0 amide bonds. The van der Waals surface area contributed by atoms with Crippen molar-refractivity contribution >= 4 is 22.1 Å². The number of halogens is 2. The molecule has 0 heterocycles. The second kappa shape index (κ2) is 5.06. The first kappa shape index (κ1) is 18.7. The highest BCUT2D eigenvalue weighted by atomic mass is 32.2. The summed E-state index contributed by atoms with van der Waals surface area (Å²) >= 11 is 0. The van der Waals surface area contributed by atoms with Gasteiger partial charge in [0, 0.05) is 11.3 Å². The lowest BCUT2D eigenvalue weighted by Gasteiger charge is -2.86. The van der Waals surface area contributed by atoms with Gasteiger partial charge in [0.1, 0.15) is 12.2 Å². The first-order chi connectivity index (χ1) is 12.9. The molecule has 0 radical (unpaired) electrons. The minimum Gasteiger partial charge on any atom is -0.459 e. The van der Waals surface area contributed by atoms with Crippen molar-refractivity contribution < 1.29 is 40.8 Å². The third-order valence-corrected chi connectivity index (χ3v) is 9.46. The highest BCUT2D eigenvalue weighted by Gasteiger charge is 2.94. The third kappa shape index (κ3) is 1.77. The van der Waals surface area contributed by atoms with Crippen molar-refractivity contribution in [2.45, 2.75) is 56.3 Å². The molecule has 7 unspecified atom stereocenters. The van der Waals surface area contributed by atoms with Crippen LogP contribution in [0.5, 0.6) is 0 Å². The monoisotopic (exact) mass is 420 g/mol. The van der Waals surface area contributed by atoms with E-state index < -0.39 is 45.4 Å². The summed E-state index contributed by atoms with van der Waals surface area (Å²) < 4.78 is 66.2. The van der Waals surface area contributed by atoms with Crippen LogP contribution in [0, 0.1) is 34.5 Å². The maximum absolute atomic E-state index is 13.2. The van der Waals surface area contributed by atoms with Gasteiger partial charge in [0.25, 0.3) is 0 Å². The fraction of sp³-hybridized carbons (Fsp3) is 0.889. The topological polar surface area (TPSA) is 107 Å². The number of fused-ring (bicyclic) bond motifs is 2. The number of esters is 2. The molecule has 7 atom stereocenters. The fourth-order valence-electron chi connectivity index (χ4n) is 7.73. The van der Waals surface area contributed by atoms with Crippen LogP contribution in [0.1, 0.15) is 45.4 Å². The van der Waals surface area contributed by atoms with E-state index in [0.717, 1.165) is 37.5 Å². The zero-order valence-electron chi connectivity index (χ0n) is 15.3. The molecule has 5 aliphatic rings. The molecule has 7 nitrogen and oxygen atoms in total. The summed E-state index contributed by atoms with van der Waals surface area (Å²) in [6.07, 6.45) is 6.58. The van der Waals surface area contributed by atoms with Crippen molar-refractivity contribution in [1.82, 2.24) is 0 Å². The Labute approximate surface area is 160 Å². The van der Waals surface area contributed by atoms with E-state index in [2.05, 4.69) is 4.74 Å². The van der Waals surface area contributed by atoms with E-state index in [1.54, 1.807) is 0 Å². The Morgan fingerprint density at radius 1 is 1.25 bits per heavy atom. The van der Waals surface area contributed by atoms with Crippen molar-refractivity contribution in [2.24, 2.45) is 34.5 Å². The quantitative estimate of drug-likeness (QED) is 0.518. The number of hydrogen-bond donors (Lipinski definition) is 1. The maximum Gasteiger partial charge on any atom is 0.465 e. The molecule has 0 saturated heterocycles. The highest BCUT2D eigenvalue weighted by molar-refractivity contribution is 7.87. The SMILES string of the molecule is CC(COC(=O)C(F)(F)S(=O)(=O)O)C(=O)OC12CCC13CC1CC4CC2C43C1. The Morgan fingerprint density at radius 3 is 2.54 bits per heavy atom. The molecule has 10 heteroatoms. The molecule has 0 aromatic carbocycles. The van der Waals surface area contributed by atoms with Gasteiger partial charge < -0.3 is 9.47 Å². The van der Waals surface area contributed by atoms with E-state index in [9.17, 15) is 26.8 Å². The van der Waals surface area contributed by atoms with Crippen molar-refractivity contribution in [3.8, 4) is 0 Å². The Hall–Kier alpha value is -1.29. The number of carbonyl (C=O) groups excluding carboxylic acids is 2. The summed E-state index contributed by atoms with van der Waals surface area (Å²) in [5.74, 6) is -2.19. The molecule has 0 aliphatic heterocycles. The van der Waals surface area contributed by atoms with E-state index in [1.165, 1.54) is 19.8 Å². The van der Waals surface area contributed by atoms with Gasteiger partial charge in [-0.1, -0.05) is 0 Å². The fourth-order valence-corrected chi connectivity index (χ4v) is 8.00. The van der Waals surface area contributed by atoms with Crippen LogP contribution in [0.2, 0.25) is 0 Å². The summed E-state index contributed by atoms with van der Waals surface area (Å²) in [6.45, 7) is 0.634. The van der Waals surface area contributed by atoms with E-state index in [1.807, 2.05) is 0 Å². The van der Waals surface area contributed by atoms with Gasteiger partial charge >= 0.3 is 27.3 Å². The van der Waals surface area contributed by atoms with Crippen molar-refractivity contribution in [3.63, 3.8) is 0 Å². The lowest BCUT2D eigenvalue weighted by molar-refractivity contribution is -0.428. The summed E-state index contributed by atoms with van der Waals surface area (Å²) in [6, 6.07) is 0. The van der Waals surface area contributed by atoms with Gasteiger partial charge in [0.2, 0.25) is 0 Å². The smallest absolute Gasteiger partial charge is 0.459 e. The minimum atomic E-state index is -5.93. The van der Waals surface area contributed by atoms with Crippen LogP contribution >= 0.6 is 0 Å². The molecule has 5 saturated carbocycles. The number of hydrogen-bond acceptors (Lipinski definition) is 6. The van der Waals surface area contributed by atoms with Crippen LogP contribution in [-0.4, -0.2) is 42.4 Å². The summed E-state index contributed by atoms with van der Waals surface area (Å²) in [7, 11) is -5.93. The molecule has 0 aromatic rings. The second-order valence-corrected chi connectivity index (χ2v) is 10.9. The zero-order chi connectivity index (χ0) is 20.3. The van der Waals surface area contributed by atoms with Crippen LogP contribution in [0.3, 0.4) is 0 Å². The van der Waals surface area contributed by atoms with E-state index in [4.69, 9.17) is 9.29 Å². The molecule has 2 bridgehead atoms. The van der Waals surface area contributed by atoms with Gasteiger partial charge in [-0.3, -0.25) is 9.35 Å². The van der Waals surface area contributed by atoms with Gasteiger partial charge in [0.05, 0.1) is 5.92 Å². The molecular formula is C18H22F2O7S. The number of carbonyl (C=O) groups is 2. The Balaban J connectivity index is 1.22. The predicted octanol–water partition coefficient (Wildman–Crippen LogP) is 2.16. The standard InChI is InChI=1S/C18H22F2O7S/c1-9(8-26-14(22)18(19,20)28(23,24)25)13(21)27-17-3-2-15(17)6-10-4-11-5-12(17)16(11,15)7-10/h9-12H,2-8H2,1H3,(H,23,24,25). The highest BCUT2D eigenvalue weighted by Crippen LogP contribution is 2.95. The average molecular weight is 420 g/mol. The molecule has 156 valence electrons. The van der Waals surface area contributed by atoms with Crippen molar-refractivity contribution in [2.75, 3.05) is 6.61 Å². The van der Waals surface area contributed by atoms with E-state index in [0.29, 0.717) is 11.3 Å². The van der Waals surface area contributed by atoms with Crippen molar-refractivity contribution in [3.05, 3.63) is 0 Å². The van der Waals surface area contributed by atoms with Gasteiger partial charge in [-0.05, 0) is 62.7 Å². The van der Waals surface area contributed by atoms with Crippen LogP contribution in [-0.2, 0) is 29.2 Å². The Morgan fingerprint density at radius 2 is 1.96 bits per heavy atom. The number of ether oxygens (including phenoxy) is 2. The minimum absolute atomic E-state index is 0.0839. The Bertz CT molecular complexity index is 888. The first-order valence-electron chi connectivity index (χ1n) is 9.66. The van der Waals surface area contributed by atoms with E-state index in [-0.39, 0.29) is 5.41 Å². The predicted molar refractivity (Wildman–Crippen MR) is 88.5 cm³/mol. The molecule has 28 heavy (non-hydrogen) atoms. The molecule has 5 rings (SSSR count). The maximum atomic E-state index is 13.2. The largest absolute Gasteiger partial charge is 0.465 e. The normalized spacial score (nSPS) is 45.6. The van der Waals surface area contributed by atoms with Gasteiger partial charge in [-0.2, -0.15) is 17.2 Å². The summed E-state index contributed by atoms with van der Waals surface area (Å²) in [4.78, 5) is 23.9. The van der Waals surface area contributed by atoms with E-state index >= 15 is 0 Å². The van der Waals surface area contributed by atoms with Gasteiger partial charge in [0.15, 0.2) is 0 Å². The molecular weight excluding hydrogens is 398 g/mol. The third-order valence-electron chi connectivity index (χ3n) is 8.65. The van der Waals surface area contributed by atoms with Crippen LogP contribution in [0.25, 0.3) is 0 Å². The number of rotatable bonds is 6. The Kier molecular flexibility index (Phi) is 3.38. The van der Waals surface area contributed by atoms with Gasteiger partial charge in [-0.15, -0.1) is 0 Å². The van der Waals surface area contributed by atoms with Crippen LogP contribution in [0.4, 0.5) is 8.78 Å². The van der Waals surface area contributed by atoms with Crippen molar-refractivity contribution in [1.29, 1.82) is 0 Å². The zero-order valence-corrected chi connectivity index (χ0v) is 16.1. The average Bonchev–Trinajstić information content (AvgIpc) is 3.10. The summed E-state index contributed by atoms with van der Waals surface area (Å²) in [5, 5.41) is -5.07. The number of alkyl halides is 2. The van der Waals surface area contributed by atoms with Crippen LogP contribution in [0.15, 0.2) is 0 Å². The first-order valence-corrected chi connectivity index (χ1v) is 11.1.